The summed E-state index contributed by atoms with van der Waals surface area (Å²) >= 11 is 0. The van der Waals surface area contributed by atoms with E-state index in [4.69, 9.17) is 0 Å². The zero-order valence-corrected chi connectivity index (χ0v) is 15.3. The van der Waals surface area contributed by atoms with E-state index in [1.54, 1.807) is 6.20 Å². The van der Waals surface area contributed by atoms with Gasteiger partial charge in [-0.1, -0.05) is 30.2 Å². The van der Waals surface area contributed by atoms with Crippen LogP contribution in [-0.4, -0.2) is 15.0 Å². The summed E-state index contributed by atoms with van der Waals surface area (Å²) in [5.74, 6) is 6.29. The maximum Gasteiger partial charge on any atom is 0.416 e. The summed E-state index contributed by atoms with van der Waals surface area (Å²) in [4.78, 5) is 13.5. The van der Waals surface area contributed by atoms with E-state index < -0.39 is 11.7 Å². The van der Waals surface area contributed by atoms with E-state index >= 15 is 0 Å². The molecule has 4 rings (SSSR count). The van der Waals surface area contributed by atoms with Crippen molar-refractivity contribution in [3.8, 4) is 23.4 Å². The number of para-hydroxylation sites is 1. The summed E-state index contributed by atoms with van der Waals surface area (Å²) in [6, 6.07) is 16.1. The van der Waals surface area contributed by atoms with Crippen LogP contribution in [0.3, 0.4) is 0 Å². The van der Waals surface area contributed by atoms with Gasteiger partial charge in [0.15, 0.2) is 5.82 Å². The number of aromatic nitrogens is 3. The van der Waals surface area contributed by atoms with Crippen molar-refractivity contribution in [1.82, 2.24) is 15.0 Å². The smallest absolute Gasteiger partial charge is 0.236 e. The molecule has 0 fully saturated rings. The fourth-order valence-corrected chi connectivity index (χ4v) is 2.75. The summed E-state index contributed by atoms with van der Waals surface area (Å²) in [7, 11) is 0. The normalized spacial score (nSPS) is 11.2. The monoisotopic (exact) mass is 389 g/mol. The van der Waals surface area contributed by atoms with Crippen molar-refractivity contribution >= 4 is 10.9 Å². The number of rotatable bonds is 1. The van der Waals surface area contributed by atoms with Crippen LogP contribution in [0.1, 0.15) is 22.4 Å². The lowest BCUT2D eigenvalue weighted by atomic mass is 10.1. The van der Waals surface area contributed by atoms with E-state index in [1.807, 2.05) is 43.3 Å². The Labute approximate surface area is 165 Å². The molecule has 0 aliphatic rings. The van der Waals surface area contributed by atoms with Gasteiger partial charge in [0, 0.05) is 17.1 Å². The van der Waals surface area contributed by atoms with Crippen LogP contribution in [0.2, 0.25) is 0 Å². The first kappa shape index (κ1) is 18.6. The molecule has 29 heavy (non-hydrogen) atoms. The Morgan fingerprint density at radius 1 is 0.828 bits per heavy atom. The zero-order chi connectivity index (χ0) is 20.4. The molecule has 4 aromatic rings. The first-order chi connectivity index (χ1) is 13.9. The van der Waals surface area contributed by atoms with Crippen LogP contribution in [-0.2, 0) is 6.18 Å². The van der Waals surface area contributed by atoms with Crippen molar-refractivity contribution in [2.45, 2.75) is 13.1 Å². The van der Waals surface area contributed by atoms with Crippen LogP contribution >= 0.6 is 0 Å². The van der Waals surface area contributed by atoms with Gasteiger partial charge in [-0.05, 0) is 54.8 Å². The van der Waals surface area contributed by atoms with Gasteiger partial charge in [0.05, 0.1) is 11.1 Å². The Morgan fingerprint density at radius 2 is 1.59 bits per heavy atom. The van der Waals surface area contributed by atoms with Gasteiger partial charge in [0.1, 0.15) is 11.4 Å². The Morgan fingerprint density at radius 3 is 2.34 bits per heavy atom. The predicted molar refractivity (Wildman–Crippen MR) is 105 cm³/mol. The zero-order valence-electron chi connectivity index (χ0n) is 15.3. The lowest BCUT2D eigenvalue weighted by Gasteiger charge is -2.05. The van der Waals surface area contributed by atoms with Gasteiger partial charge in [-0.3, -0.25) is 0 Å². The third-order valence-corrected chi connectivity index (χ3v) is 4.35. The SMILES string of the molecule is Cc1ccc(-c2ncc3ccccc3n2)nc1C#Cc1ccc(C(F)(F)F)cc1. The predicted octanol–water partition coefficient (Wildman–Crippen LogP) is 5.42. The van der Waals surface area contributed by atoms with E-state index in [-0.39, 0.29) is 0 Å². The molecule has 142 valence electrons. The van der Waals surface area contributed by atoms with Crippen LogP contribution < -0.4 is 0 Å². The minimum atomic E-state index is -4.36. The van der Waals surface area contributed by atoms with E-state index in [2.05, 4.69) is 26.8 Å². The number of hydrogen-bond acceptors (Lipinski definition) is 3. The fourth-order valence-electron chi connectivity index (χ4n) is 2.75. The highest BCUT2D eigenvalue weighted by Crippen LogP contribution is 2.29. The van der Waals surface area contributed by atoms with Gasteiger partial charge in [-0.2, -0.15) is 13.2 Å². The van der Waals surface area contributed by atoms with Gasteiger partial charge in [-0.15, -0.1) is 0 Å². The van der Waals surface area contributed by atoms with Crippen LogP contribution in [0, 0.1) is 18.8 Å². The van der Waals surface area contributed by atoms with E-state index in [9.17, 15) is 13.2 Å². The van der Waals surface area contributed by atoms with Gasteiger partial charge in [0.2, 0.25) is 0 Å². The molecule has 0 atom stereocenters. The fraction of sp³-hybridized carbons (Fsp3) is 0.0870. The van der Waals surface area contributed by atoms with E-state index in [1.165, 1.54) is 12.1 Å². The maximum atomic E-state index is 12.7. The molecular formula is C23H14F3N3. The largest absolute Gasteiger partial charge is 0.416 e. The second-order valence-corrected chi connectivity index (χ2v) is 6.44. The average molecular weight is 389 g/mol. The number of fused-ring (bicyclic) bond motifs is 1. The Hall–Kier alpha value is -3.72. The van der Waals surface area contributed by atoms with Gasteiger partial charge in [-0.25, -0.2) is 15.0 Å². The molecule has 2 aromatic heterocycles. The quantitative estimate of drug-likeness (QED) is 0.408. The van der Waals surface area contributed by atoms with Crippen molar-refractivity contribution in [3.05, 3.63) is 89.2 Å². The number of alkyl halides is 3. The van der Waals surface area contributed by atoms with Crippen molar-refractivity contribution in [2.24, 2.45) is 0 Å². The summed E-state index contributed by atoms with van der Waals surface area (Å²) in [6.07, 6.45) is -2.62. The van der Waals surface area contributed by atoms with Crippen molar-refractivity contribution in [3.63, 3.8) is 0 Å². The molecule has 0 aliphatic carbocycles. The Kier molecular flexibility index (Phi) is 4.73. The molecule has 2 heterocycles. The lowest BCUT2D eigenvalue weighted by Crippen LogP contribution is -2.04. The Bertz CT molecular complexity index is 1250. The number of aryl methyl sites for hydroxylation is 1. The summed E-state index contributed by atoms with van der Waals surface area (Å²) in [5.41, 5.74) is 2.56. The van der Waals surface area contributed by atoms with Crippen LogP contribution in [0.15, 0.2) is 66.9 Å². The highest BCUT2D eigenvalue weighted by molar-refractivity contribution is 5.79. The standard InChI is InChI=1S/C23H14F3N3/c1-15-6-12-21(22-27-14-17-4-2-3-5-20(17)29-22)28-19(15)13-9-16-7-10-18(11-8-16)23(24,25)26/h2-8,10-12,14H,1H3. The van der Waals surface area contributed by atoms with Gasteiger partial charge in [0.25, 0.3) is 0 Å². The highest BCUT2D eigenvalue weighted by atomic mass is 19.4. The third kappa shape index (κ3) is 4.09. The third-order valence-electron chi connectivity index (χ3n) is 4.35. The number of benzene rings is 2. The first-order valence-electron chi connectivity index (χ1n) is 8.79. The van der Waals surface area contributed by atoms with E-state index in [0.29, 0.717) is 22.8 Å². The summed E-state index contributed by atoms with van der Waals surface area (Å²) < 4.78 is 38.0. The molecule has 0 saturated heterocycles. The van der Waals surface area contributed by atoms with Crippen LogP contribution in [0.5, 0.6) is 0 Å². The second-order valence-electron chi connectivity index (χ2n) is 6.44. The summed E-state index contributed by atoms with van der Waals surface area (Å²) in [6.45, 7) is 1.87. The number of hydrogen-bond donors (Lipinski definition) is 0. The minimum Gasteiger partial charge on any atom is -0.236 e. The molecule has 0 unspecified atom stereocenters. The summed E-state index contributed by atoms with van der Waals surface area (Å²) in [5, 5.41) is 0.936. The molecule has 3 nitrogen and oxygen atoms in total. The van der Waals surface area contributed by atoms with Crippen LogP contribution in [0.25, 0.3) is 22.4 Å². The second kappa shape index (κ2) is 7.36. The average Bonchev–Trinajstić information content (AvgIpc) is 2.72. The molecule has 0 aliphatic heterocycles. The van der Waals surface area contributed by atoms with Crippen molar-refractivity contribution in [2.75, 3.05) is 0 Å². The molecule has 0 spiro atoms. The molecular weight excluding hydrogens is 375 g/mol. The van der Waals surface area contributed by atoms with Crippen LogP contribution in [0.4, 0.5) is 13.2 Å². The molecule has 0 bridgehead atoms. The molecule has 0 saturated carbocycles. The van der Waals surface area contributed by atoms with Gasteiger partial charge >= 0.3 is 6.18 Å². The molecule has 0 radical (unpaired) electrons. The molecule has 0 N–H and O–H groups in total. The topological polar surface area (TPSA) is 38.7 Å². The van der Waals surface area contributed by atoms with E-state index in [0.717, 1.165) is 28.6 Å². The molecule has 2 aromatic carbocycles. The Balaban J connectivity index is 1.66. The van der Waals surface area contributed by atoms with Gasteiger partial charge < -0.3 is 0 Å². The number of halogens is 3. The number of nitrogens with zero attached hydrogens (tertiary/aromatic N) is 3. The van der Waals surface area contributed by atoms with Crippen molar-refractivity contribution < 1.29 is 13.2 Å². The minimum absolute atomic E-state index is 0.478. The van der Waals surface area contributed by atoms with Crippen molar-refractivity contribution in [1.29, 1.82) is 0 Å². The number of pyridine rings is 1. The highest BCUT2D eigenvalue weighted by Gasteiger charge is 2.29. The molecule has 0 amide bonds. The maximum absolute atomic E-state index is 12.7. The first-order valence-corrected chi connectivity index (χ1v) is 8.79. The molecule has 6 heteroatoms. The lowest BCUT2D eigenvalue weighted by molar-refractivity contribution is -0.137.